The zero-order chi connectivity index (χ0) is 11.6. The van der Waals surface area contributed by atoms with E-state index in [0.29, 0.717) is 0 Å². The number of rotatable bonds is 8. The summed E-state index contributed by atoms with van der Waals surface area (Å²) in [6, 6.07) is 7.24. The van der Waals surface area contributed by atoms with Gasteiger partial charge in [0.2, 0.25) is 0 Å². The maximum Gasteiger partial charge on any atom is 2.00 e. The molecule has 0 radical (unpaired) electrons. The van der Waals surface area contributed by atoms with Crippen molar-refractivity contribution in [2.75, 3.05) is 0 Å². The van der Waals surface area contributed by atoms with Crippen LogP contribution in [0.3, 0.4) is 0 Å². The Morgan fingerprint density at radius 2 is 1.33 bits per heavy atom. The van der Waals surface area contributed by atoms with Crippen LogP contribution in [-0.4, -0.2) is 0 Å². The van der Waals surface area contributed by atoms with E-state index in [9.17, 15) is 5.11 Å². The molecule has 3 heteroatoms. The summed E-state index contributed by atoms with van der Waals surface area (Å²) in [5, 5.41) is 10.9. The Labute approximate surface area is 137 Å². The first kappa shape index (κ1) is 20.5. The van der Waals surface area contributed by atoms with Crippen molar-refractivity contribution in [1.82, 2.24) is 0 Å². The van der Waals surface area contributed by atoms with Gasteiger partial charge in [-0.25, -0.2) is 0 Å². The van der Waals surface area contributed by atoms with Crippen molar-refractivity contribution < 1.29 is 43.7 Å². The Bertz CT molecular complexity index is 274. The zero-order valence-electron chi connectivity index (χ0n) is 11.3. The molecule has 0 aliphatic rings. The third-order valence-electron chi connectivity index (χ3n) is 2.99. The quantitative estimate of drug-likeness (QED) is 0.646. The van der Waals surface area contributed by atoms with Gasteiger partial charge in [-0.15, -0.1) is 5.75 Å². The average molecular weight is 346 g/mol. The molecule has 0 aliphatic heterocycles. The fourth-order valence-corrected chi connectivity index (χ4v) is 1.94. The van der Waals surface area contributed by atoms with Gasteiger partial charge in [-0.05, 0) is 18.4 Å². The molecule has 1 aromatic carbocycles. The minimum atomic E-state index is 0. The molecule has 0 atom stereocenters. The van der Waals surface area contributed by atoms with E-state index in [1.54, 1.807) is 12.1 Å². The number of halogens is 1. The second-order valence-corrected chi connectivity index (χ2v) is 4.52. The first-order valence-electron chi connectivity index (χ1n) is 6.59. The number of hydrogen-bond donors (Lipinski definition) is 0. The van der Waals surface area contributed by atoms with Crippen molar-refractivity contribution in [3.63, 3.8) is 0 Å². The Morgan fingerprint density at radius 3 is 1.89 bits per heavy atom. The van der Waals surface area contributed by atoms with Crippen molar-refractivity contribution >= 4 is 0 Å². The van der Waals surface area contributed by atoms with Crippen LogP contribution >= 0.6 is 0 Å². The van der Waals surface area contributed by atoms with Crippen LogP contribution in [0.1, 0.15) is 57.4 Å². The Kier molecular flexibility index (Phi) is 15.5. The summed E-state index contributed by atoms with van der Waals surface area (Å²) >= 11 is 0. The van der Waals surface area contributed by atoms with E-state index in [4.69, 9.17) is 0 Å². The van der Waals surface area contributed by atoms with Gasteiger partial charge >= 0.3 is 26.2 Å². The molecule has 1 rings (SSSR count). The zero-order valence-corrected chi connectivity index (χ0v) is 14.5. The van der Waals surface area contributed by atoms with Crippen LogP contribution in [-0.2, 0) is 32.6 Å². The molecule has 0 unspecified atom stereocenters. The van der Waals surface area contributed by atoms with E-state index >= 15 is 0 Å². The third-order valence-corrected chi connectivity index (χ3v) is 2.99. The summed E-state index contributed by atoms with van der Waals surface area (Å²) in [7, 11) is 0. The van der Waals surface area contributed by atoms with E-state index in [-0.39, 0.29) is 44.4 Å². The molecular weight excluding hydrogens is 323 g/mol. The van der Waals surface area contributed by atoms with Crippen molar-refractivity contribution in [1.29, 1.82) is 0 Å². The van der Waals surface area contributed by atoms with Crippen molar-refractivity contribution in [3.8, 4) is 5.75 Å². The fourth-order valence-electron chi connectivity index (χ4n) is 1.94. The van der Waals surface area contributed by atoms with Crippen LogP contribution in [0, 0.1) is 0 Å². The van der Waals surface area contributed by atoms with Crippen molar-refractivity contribution in [3.05, 3.63) is 29.8 Å². The van der Waals surface area contributed by atoms with Gasteiger partial charge in [-0.2, -0.15) is 0 Å². The molecule has 1 aromatic rings. The smallest absolute Gasteiger partial charge is 1.00 e. The van der Waals surface area contributed by atoms with E-state index in [2.05, 4.69) is 6.92 Å². The predicted octanol–water partition coefficient (Wildman–Crippen LogP) is 1.05. The normalized spacial score (nSPS) is 9.39. The molecule has 0 bridgehead atoms. The molecule has 0 saturated heterocycles. The standard InChI is InChI=1S/C15H24O.ClH.Zr/c1-2-3-4-5-6-7-8-9-14-10-12-15(16)13-11-14;;/h10-13,16H,2-9H2,1H3;1H;/q;;+2/p-2. The van der Waals surface area contributed by atoms with Gasteiger partial charge in [0.15, 0.2) is 0 Å². The summed E-state index contributed by atoms with van der Waals surface area (Å²) in [6.07, 6.45) is 10.5. The van der Waals surface area contributed by atoms with Crippen LogP contribution in [0.5, 0.6) is 5.75 Å². The van der Waals surface area contributed by atoms with Gasteiger partial charge in [-0.1, -0.05) is 69.7 Å². The van der Waals surface area contributed by atoms with Gasteiger partial charge < -0.3 is 17.5 Å². The van der Waals surface area contributed by atoms with E-state index in [1.807, 2.05) is 12.1 Å². The first-order valence-corrected chi connectivity index (χ1v) is 6.59. The minimum Gasteiger partial charge on any atom is -1.00 e. The number of aryl methyl sites for hydroxylation is 1. The second kappa shape index (κ2) is 13.6. The number of benzene rings is 1. The van der Waals surface area contributed by atoms with Gasteiger partial charge in [0.05, 0.1) is 0 Å². The van der Waals surface area contributed by atoms with Gasteiger partial charge in [0.25, 0.3) is 0 Å². The van der Waals surface area contributed by atoms with E-state index in [1.165, 1.54) is 50.5 Å². The molecule has 1 nitrogen and oxygen atoms in total. The summed E-state index contributed by atoms with van der Waals surface area (Å²) in [4.78, 5) is 0. The predicted molar refractivity (Wildman–Crippen MR) is 67.6 cm³/mol. The molecule has 18 heavy (non-hydrogen) atoms. The first-order chi connectivity index (χ1) is 7.83. The molecule has 0 aromatic heterocycles. The monoisotopic (exact) mass is 344 g/mol. The van der Waals surface area contributed by atoms with Crippen LogP contribution in [0.25, 0.3) is 0 Å². The van der Waals surface area contributed by atoms with Crippen LogP contribution in [0.4, 0.5) is 0 Å². The number of hydrogen-bond acceptors (Lipinski definition) is 1. The molecule has 0 spiro atoms. The summed E-state index contributed by atoms with van der Waals surface area (Å²) < 4.78 is 0. The molecule has 0 fully saturated rings. The maximum absolute atomic E-state index is 10.9. The van der Waals surface area contributed by atoms with Gasteiger partial charge in [-0.3, -0.25) is 0 Å². The molecule has 0 N–H and O–H groups in total. The fraction of sp³-hybridized carbons (Fsp3) is 0.600. The van der Waals surface area contributed by atoms with Crippen molar-refractivity contribution in [2.24, 2.45) is 0 Å². The molecule has 100 valence electrons. The second-order valence-electron chi connectivity index (χ2n) is 4.52. The number of unbranched alkanes of at least 4 members (excludes halogenated alkanes) is 6. The van der Waals surface area contributed by atoms with Crippen LogP contribution in [0.15, 0.2) is 24.3 Å². The summed E-state index contributed by atoms with van der Waals surface area (Å²) in [5.74, 6) is 0.114. The molecular formula is C15H23ClOZr. The SMILES string of the molecule is CCCCCCCCCc1ccc([O-])cc1.[Cl-].[Zr+2]. The maximum atomic E-state index is 10.9. The summed E-state index contributed by atoms with van der Waals surface area (Å²) in [5.41, 5.74) is 1.30. The third kappa shape index (κ3) is 10.1. The van der Waals surface area contributed by atoms with E-state index < -0.39 is 0 Å². The molecule has 0 saturated carbocycles. The van der Waals surface area contributed by atoms with E-state index in [0.717, 1.165) is 6.42 Å². The Hall–Kier alpha value is 0.193. The Morgan fingerprint density at radius 1 is 0.833 bits per heavy atom. The molecule has 0 amide bonds. The van der Waals surface area contributed by atoms with Crippen LogP contribution < -0.4 is 17.5 Å². The van der Waals surface area contributed by atoms with Gasteiger partial charge in [0, 0.05) is 0 Å². The Balaban J connectivity index is 0. The largest absolute Gasteiger partial charge is 2.00 e. The average Bonchev–Trinajstić information content (AvgIpc) is 2.30. The molecule has 0 heterocycles. The minimum absolute atomic E-state index is 0. The topological polar surface area (TPSA) is 23.1 Å². The van der Waals surface area contributed by atoms with Crippen molar-refractivity contribution in [2.45, 2.75) is 58.3 Å². The molecule has 0 aliphatic carbocycles. The van der Waals surface area contributed by atoms with Crippen LogP contribution in [0.2, 0.25) is 0 Å². The van der Waals surface area contributed by atoms with Gasteiger partial charge in [0.1, 0.15) is 0 Å². The summed E-state index contributed by atoms with van der Waals surface area (Å²) in [6.45, 7) is 2.25.